The van der Waals surface area contributed by atoms with Crippen molar-refractivity contribution in [3.8, 4) is 6.07 Å². The molecule has 1 aliphatic rings. The van der Waals surface area contributed by atoms with E-state index in [2.05, 4.69) is 4.98 Å². The van der Waals surface area contributed by atoms with Crippen LogP contribution in [0.5, 0.6) is 0 Å². The van der Waals surface area contributed by atoms with E-state index in [9.17, 15) is 13.2 Å². The number of nitriles is 1. The molecule has 0 unspecified atom stereocenters. The summed E-state index contributed by atoms with van der Waals surface area (Å²) in [6.45, 7) is 0.397. The maximum absolute atomic E-state index is 12.8. The second-order valence-electron chi connectivity index (χ2n) is 6.66. The molecule has 2 rings (SSSR count). The highest BCUT2D eigenvalue weighted by molar-refractivity contribution is 7.99. The highest BCUT2D eigenvalue weighted by Crippen LogP contribution is 2.27. The lowest BCUT2D eigenvalue weighted by molar-refractivity contribution is -0.127. The van der Waals surface area contributed by atoms with Gasteiger partial charge in [-0.25, -0.2) is 13.4 Å². The van der Waals surface area contributed by atoms with E-state index in [-0.39, 0.29) is 22.6 Å². The molecule has 7 nitrogen and oxygen atoms in total. The van der Waals surface area contributed by atoms with E-state index in [0.29, 0.717) is 18.0 Å². The Hall–Kier alpha value is -1.63. The number of rotatable bonds is 8. The lowest BCUT2D eigenvalue weighted by atomic mass is 9.96. The molecule has 1 aromatic rings. The van der Waals surface area contributed by atoms with Gasteiger partial charge < -0.3 is 4.90 Å². The minimum atomic E-state index is -3.55. The molecule has 0 saturated heterocycles. The number of aromatic nitrogens is 1. The Balaban J connectivity index is 1.95. The summed E-state index contributed by atoms with van der Waals surface area (Å²) in [6.07, 6.45) is 6.76. The molecule has 1 fully saturated rings. The first kappa shape index (κ1) is 21.7. The van der Waals surface area contributed by atoms with Crippen LogP contribution in [-0.2, 0) is 14.8 Å². The molecule has 0 radical (unpaired) electrons. The van der Waals surface area contributed by atoms with E-state index in [1.165, 1.54) is 33.6 Å². The van der Waals surface area contributed by atoms with Gasteiger partial charge in [0.25, 0.3) is 0 Å². The standard InChI is InChI=1S/C18H26N4O3S2/c1-21(12-6-11-19)18(23)14-26-17-10-9-16(13-20-17)27(24,25)22(2)15-7-4-3-5-8-15/h9-10,13,15H,3-8,12,14H2,1-2H3. The van der Waals surface area contributed by atoms with Gasteiger partial charge in [0.15, 0.2) is 0 Å². The molecular weight excluding hydrogens is 384 g/mol. The van der Waals surface area contributed by atoms with Gasteiger partial charge in [-0.05, 0) is 25.0 Å². The minimum absolute atomic E-state index is 0.0550. The number of hydrogen-bond acceptors (Lipinski definition) is 6. The van der Waals surface area contributed by atoms with E-state index in [1.807, 2.05) is 6.07 Å². The van der Waals surface area contributed by atoms with Crippen molar-refractivity contribution < 1.29 is 13.2 Å². The summed E-state index contributed by atoms with van der Waals surface area (Å²) < 4.78 is 27.1. The topological polar surface area (TPSA) is 94.4 Å². The van der Waals surface area contributed by atoms with Crippen LogP contribution in [0.3, 0.4) is 0 Å². The highest BCUT2D eigenvalue weighted by atomic mass is 32.2. The molecule has 0 aliphatic heterocycles. The van der Waals surface area contributed by atoms with E-state index >= 15 is 0 Å². The molecule has 148 valence electrons. The Morgan fingerprint density at radius 3 is 2.59 bits per heavy atom. The van der Waals surface area contributed by atoms with Gasteiger partial charge in [0.1, 0.15) is 4.90 Å². The van der Waals surface area contributed by atoms with Gasteiger partial charge in [-0.3, -0.25) is 4.79 Å². The summed E-state index contributed by atoms with van der Waals surface area (Å²) in [4.78, 5) is 17.9. The van der Waals surface area contributed by atoms with Crippen molar-refractivity contribution in [3.63, 3.8) is 0 Å². The molecular formula is C18H26N4O3S2. The molecule has 1 amide bonds. The van der Waals surface area contributed by atoms with Gasteiger partial charge in [-0.15, -0.1) is 0 Å². The summed E-state index contributed by atoms with van der Waals surface area (Å²) in [7, 11) is -0.255. The molecule has 1 aliphatic carbocycles. The maximum atomic E-state index is 12.8. The zero-order chi connectivity index (χ0) is 19.9. The van der Waals surface area contributed by atoms with Crippen molar-refractivity contribution >= 4 is 27.7 Å². The van der Waals surface area contributed by atoms with Crippen molar-refractivity contribution in [2.45, 2.75) is 54.5 Å². The Morgan fingerprint density at radius 2 is 2.00 bits per heavy atom. The van der Waals surface area contributed by atoms with Gasteiger partial charge in [0.2, 0.25) is 15.9 Å². The summed E-state index contributed by atoms with van der Waals surface area (Å²) in [6, 6.07) is 5.24. The van der Waals surface area contributed by atoms with Crippen LogP contribution in [0.25, 0.3) is 0 Å². The van der Waals surface area contributed by atoms with Crippen molar-refractivity contribution in [1.82, 2.24) is 14.2 Å². The van der Waals surface area contributed by atoms with Crippen LogP contribution in [0, 0.1) is 11.3 Å². The number of carbonyl (C=O) groups is 1. The molecule has 0 aromatic carbocycles. The molecule has 0 spiro atoms. The smallest absolute Gasteiger partial charge is 0.244 e. The van der Waals surface area contributed by atoms with Gasteiger partial charge in [-0.1, -0.05) is 31.0 Å². The van der Waals surface area contributed by atoms with Crippen molar-refractivity contribution in [2.75, 3.05) is 26.4 Å². The van der Waals surface area contributed by atoms with Crippen LogP contribution in [0.15, 0.2) is 28.3 Å². The number of sulfonamides is 1. The number of thioether (sulfide) groups is 1. The van der Waals surface area contributed by atoms with Gasteiger partial charge in [-0.2, -0.15) is 9.57 Å². The molecule has 0 bridgehead atoms. The summed E-state index contributed by atoms with van der Waals surface area (Å²) >= 11 is 1.25. The Morgan fingerprint density at radius 1 is 1.30 bits per heavy atom. The number of nitrogens with zero attached hydrogens (tertiary/aromatic N) is 4. The molecule has 0 atom stereocenters. The number of carbonyl (C=O) groups excluding carboxylic acids is 1. The largest absolute Gasteiger partial charge is 0.344 e. The van der Waals surface area contributed by atoms with Gasteiger partial charge in [0, 0.05) is 32.9 Å². The first-order valence-electron chi connectivity index (χ1n) is 9.04. The van der Waals surface area contributed by atoms with Gasteiger partial charge in [0.05, 0.1) is 23.3 Å². The Bertz CT molecular complexity index is 769. The predicted octanol–water partition coefficient (Wildman–Crippen LogP) is 2.50. The number of pyridine rings is 1. The van der Waals surface area contributed by atoms with Crippen LogP contribution < -0.4 is 0 Å². The van der Waals surface area contributed by atoms with E-state index in [1.54, 1.807) is 26.2 Å². The molecule has 9 heteroatoms. The maximum Gasteiger partial charge on any atom is 0.244 e. The third-order valence-corrected chi connectivity index (χ3v) is 7.63. The number of hydrogen-bond donors (Lipinski definition) is 0. The molecule has 0 N–H and O–H groups in total. The van der Waals surface area contributed by atoms with Crippen molar-refractivity contribution in [3.05, 3.63) is 18.3 Å². The molecule has 1 aromatic heterocycles. The highest BCUT2D eigenvalue weighted by Gasteiger charge is 2.29. The molecule has 1 saturated carbocycles. The quantitative estimate of drug-likeness (QED) is 0.611. The molecule has 27 heavy (non-hydrogen) atoms. The SMILES string of the molecule is CN(CCC#N)C(=O)CSc1ccc(S(=O)(=O)N(C)C2CCCCC2)cn1. The average molecular weight is 411 g/mol. The molecule has 1 heterocycles. The first-order chi connectivity index (χ1) is 12.9. The summed E-state index contributed by atoms with van der Waals surface area (Å²) in [5.41, 5.74) is 0. The zero-order valence-electron chi connectivity index (χ0n) is 15.8. The Kier molecular flexibility index (Phi) is 8.07. The predicted molar refractivity (Wildman–Crippen MR) is 105 cm³/mol. The van der Waals surface area contributed by atoms with Crippen molar-refractivity contribution in [1.29, 1.82) is 5.26 Å². The van der Waals surface area contributed by atoms with Crippen LogP contribution in [0.4, 0.5) is 0 Å². The minimum Gasteiger partial charge on any atom is -0.344 e. The Labute approximate surface area is 165 Å². The van der Waals surface area contributed by atoms with Crippen LogP contribution in [0.1, 0.15) is 38.5 Å². The van der Waals surface area contributed by atoms with Crippen molar-refractivity contribution in [2.24, 2.45) is 0 Å². The monoisotopic (exact) mass is 410 g/mol. The zero-order valence-corrected chi connectivity index (χ0v) is 17.4. The normalized spacial score (nSPS) is 15.5. The fraction of sp³-hybridized carbons (Fsp3) is 0.611. The third-order valence-electron chi connectivity index (χ3n) is 4.80. The third kappa shape index (κ3) is 5.92. The van der Waals surface area contributed by atoms with Gasteiger partial charge >= 0.3 is 0 Å². The second-order valence-corrected chi connectivity index (χ2v) is 9.65. The fourth-order valence-corrected chi connectivity index (χ4v) is 5.15. The average Bonchev–Trinajstić information content (AvgIpc) is 2.70. The lowest BCUT2D eigenvalue weighted by Gasteiger charge is -2.30. The summed E-state index contributed by atoms with van der Waals surface area (Å²) in [5.74, 6) is 0.106. The van der Waals surface area contributed by atoms with E-state index in [4.69, 9.17) is 5.26 Å². The lowest BCUT2D eigenvalue weighted by Crippen LogP contribution is -2.38. The van der Waals surface area contributed by atoms with Crippen LogP contribution >= 0.6 is 11.8 Å². The number of amides is 1. The van der Waals surface area contributed by atoms with Crippen LogP contribution in [-0.4, -0.2) is 60.9 Å². The first-order valence-corrected chi connectivity index (χ1v) is 11.5. The van der Waals surface area contributed by atoms with E-state index < -0.39 is 10.0 Å². The van der Waals surface area contributed by atoms with Crippen LogP contribution in [0.2, 0.25) is 0 Å². The fourth-order valence-electron chi connectivity index (χ4n) is 3.00. The second kappa shape index (κ2) is 10.1. The summed E-state index contributed by atoms with van der Waals surface area (Å²) in [5, 5.41) is 9.16. The van der Waals surface area contributed by atoms with E-state index in [0.717, 1.165) is 25.7 Å².